The van der Waals surface area contributed by atoms with Crippen molar-refractivity contribution in [3.63, 3.8) is 0 Å². The van der Waals surface area contributed by atoms with Gasteiger partial charge in [-0.1, -0.05) is 0 Å². The Morgan fingerprint density at radius 3 is 2.48 bits per heavy atom. The van der Waals surface area contributed by atoms with E-state index in [1.807, 2.05) is 0 Å². The number of halogens is 3. The second-order valence-electron chi connectivity index (χ2n) is 4.00. The van der Waals surface area contributed by atoms with Crippen LogP contribution in [0.2, 0.25) is 0 Å². The zero-order valence-corrected chi connectivity index (χ0v) is 10.5. The van der Waals surface area contributed by atoms with Crippen LogP contribution in [0.15, 0.2) is 36.8 Å². The molecular formula is C13H9F3N2O3. The number of alkyl halides is 3. The summed E-state index contributed by atoms with van der Waals surface area (Å²) in [7, 11) is 0. The maximum Gasteiger partial charge on any atom is 0.416 e. The maximum atomic E-state index is 12.4. The summed E-state index contributed by atoms with van der Waals surface area (Å²) >= 11 is 0. The Morgan fingerprint density at radius 1 is 1.24 bits per heavy atom. The van der Waals surface area contributed by atoms with Crippen molar-refractivity contribution in [3.05, 3.63) is 53.6 Å². The van der Waals surface area contributed by atoms with Crippen LogP contribution in [-0.4, -0.2) is 21.0 Å². The van der Waals surface area contributed by atoms with E-state index in [1.165, 1.54) is 0 Å². The molecule has 21 heavy (non-hydrogen) atoms. The number of hydrogen-bond acceptors (Lipinski definition) is 4. The van der Waals surface area contributed by atoms with Crippen LogP contribution in [0.4, 0.5) is 13.2 Å². The predicted molar refractivity (Wildman–Crippen MR) is 64.8 cm³/mol. The van der Waals surface area contributed by atoms with Gasteiger partial charge in [0.2, 0.25) is 0 Å². The van der Waals surface area contributed by atoms with Crippen molar-refractivity contribution in [2.75, 3.05) is 0 Å². The van der Waals surface area contributed by atoms with Crippen molar-refractivity contribution in [1.29, 1.82) is 0 Å². The molecule has 1 aromatic heterocycles. The van der Waals surface area contributed by atoms with E-state index >= 15 is 0 Å². The van der Waals surface area contributed by atoms with Crippen molar-refractivity contribution in [3.8, 4) is 5.75 Å². The first-order chi connectivity index (χ1) is 9.88. The number of aromatic carboxylic acids is 1. The van der Waals surface area contributed by atoms with Gasteiger partial charge in [-0.25, -0.2) is 14.8 Å². The smallest absolute Gasteiger partial charge is 0.416 e. The van der Waals surface area contributed by atoms with E-state index in [0.29, 0.717) is 0 Å². The second kappa shape index (κ2) is 5.78. The Labute approximate surface area is 117 Å². The van der Waals surface area contributed by atoms with Crippen LogP contribution in [0.5, 0.6) is 5.75 Å². The SMILES string of the molecule is O=C(O)c1cncnc1COc1ccc(C(F)(F)F)cc1. The van der Waals surface area contributed by atoms with E-state index in [-0.39, 0.29) is 23.6 Å². The fraction of sp³-hybridized carbons (Fsp3) is 0.154. The van der Waals surface area contributed by atoms with Crippen molar-refractivity contribution < 1.29 is 27.8 Å². The van der Waals surface area contributed by atoms with Gasteiger partial charge in [-0.2, -0.15) is 13.2 Å². The molecular weight excluding hydrogens is 289 g/mol. The van der Waals surface area contributed by atoms with E-state index in [1.54, 1.807) is 0 Å². The molecule has 1 heterocycles. The van der Waals surface area contributed by atoms with E-state index in [0.717, 1.165) is 36.8 Å². The predicted octanol–water partition coefficient (Wildman–Crippen LogP) is 2.77. The number of ether oxygens (including phenoxy) is 1. The molecule has 0 saturated heterocycles. The molecule has 0 aliphatic carbocycles. The van der Waals surface area contributed by atoms with E-state index < -0.39 is 17.7 Å². The van der Waals surface area contributed by atoms with Gasteiger partial charge in [-0.05, 0) is 24.3 Å². The van der Waals surface area contributed by atoms with Gasteiger partial charge in [-0.3, -0.25) is 0 Å². The molecule has 0 aliphatic heterocycles. The number of benzene rings is 1. The minimum atomic E-state index is -4.42. The molecule has 0 atom stereocenters. The Balaban J connectivity index is 2.09. The average Bonchev–Trinajstić information content (AvgIpc) is 2.45. The highest BCUT2D eigenvalue weighted by atomic mass is 19.4. The highest BCUT2D eigenvalue weighted by molar-refractivity contribution is 5.88. The van der Waals surface area contributed by atoms with Crippen molar-refractivity contribution in [2.45, 2.75) is 12.8 Å². The average molecular weight is 298 g/mol. The van der Waals surface area contributed by atoms with Crippen molar-refractivity contribution >= 4 is 5.97 Å². The topological polar surface area (TPSA) is 72.3 Å². The van der Waals surface area contributed by atoms with E-state index in [4.69, 9.17) is 9.84 Å². The van der Waals surface area contributed by atoms with Crippen LogP contribution in [0.3, 0.4) is 0 Å². The molecule has 0 amide bonds. The fourth-order valence-corrected chi connectivity index (χ4v) is 1.54. The molecule has 0 saturated carbocycles. The molecule has 0 bridgehead atoms. The highest BCUT2D eigenvalue weighted by Gasteiger charge is 2.30. The normalized spacial score (nSPS) is 11.2. The first-order valence-corrected chi connectivity index (χ1v) is 5.70. The second-order valence-corrected chi connectivity index (χ2v) is 4.00. The van der Waals surface area contributed by atoms with Crippen LogP contribution in [-0.2, 0) is 12.8 Å². The summed E-state index contributed by atoms with van der Waals surface area (Å²) in [5.41, 5.74) is -0.773. The summed E-state index contributed by atoms with van der Waals surface area (Å²) in [6.45, 7) is -0.185. The molecule has 0 spiro atoms. The van der Waals surface area contributed by atoms with Crippen molar-refractivity contribution in [2.24, 2.45) is 0 Å². The Morgan fingerprint density at radius 2 is 1.90 bits per heavy atom. The first-order valence-electron chi connectivity index (χ1n) is 5.70. The van der Waals surface area contributed by atoms with Crippen LogP contribution >= 0.6 is 0 Å². The molecule has 0 radical (unpaired) electrons. The third-order valence-corrected chi connectivity index (χ3v) is 2.58. The molecule has 2 rings (SSSR count). The Hall–Kier alpha value is -2.64. The summed E-state index contributed by atoms with van der Waals surface area (Å²) in [5, 5.41) is 8.93. The molecule has 110 valence electrons. The monoisotopic (exact) mass is 298 g/mol. The molecule has 5 nitrogen and oxygen atoms in total. The molecule has 0 aliphatic rings. The number of aromatic nitrogens is 2. The Kier molecular flexibility index (Phi) is 4.06. The molecule has 0 fully saturated rings. The van der Waals surface area contributed by atoms with Crippen LogP contribution in [0.25, 0.3) is 0 Å². The first kappa shape index (κ1) is 14.8. The molecule has 1 N–H and O–H groups in total. The lowest BCUT2D eigenvalue weighted by molar-refractivity contribution is -0.137. The van der Waals surface area contributed by atoms with Crippen LogP contribution in [0.1, 0.15) is 21.6 Å². The standard InChI is InChI=1S/C13H9F3N2O3/c14-13(15,16)8-1-3-9(4-2-8)21-6-11-10(12(19)20)5-17-7-18-11/h1-5,7H,6H2,(H,19,20). The van der Waals surface area contributed by atoms with Gasteiger partial charge in [0.25, 0.3) is 0 Å². The summed E-state index contributed by atoms with van der Waals surface area (Å²) in [6, 6.07) is 4.08. The number of carbonyl (C=O) groups is 1. The van der Waals surface area contributed by atoms with Crippen LogP contribution < -0.4 is 4.74 Å². The fourth-order valence-electron chi connectivity index (χ4n) is 1.54. The summed E-state index contributed by atoms with van der Waals surface area (Å²) < 4.78 is 42.4. The van der Waals surface area contributed by atoms with Gasteiger partial charge in [0.15, 0.2) is 0 Å². The summed E-state index contributed by atoms with van der Waals surface area (Å²) in [4.78, 5) is 18.3. The Bertz CT molecular complexity index is 642. The quantitative estimate of drug-likeness (QED) is 0.939. The summed E-state index contributed by atoms with van der Waals surface area (Å²) in [6.07, 6.45) is -2.12. The minimum Gasteiger partial charge on any atom is -0.487 e. The van der Waals surface area contributed by atoms with Gasteiger partial charge in [0.1, 0.15) is 24.2 Å². The number of rotatable bonds is 4. The lowest BCUT2D eigenvalue weighted by Crippen LogP contribution is -2.09. The molecule has 2 aromatic rings. The molecule has 1 aromatic carbocycles. The van der Waals surface area contributed by atoms with E-state index in [2.05, 4.69) is 9.97 Å². The number of nitrogens with zero attached hydrogens (tertiary/aromatic N) is 2. The highest BCUT2D eigenvalue weighted by Crippen LogP contribution is 2.30. The van der Waals surface area contributed by atoms with Gasteiger partial charge in [-0.15, -0.1) is 0 Å². The molecule has 0 unspecified atom stereocenters. The maximum absolute atomic E-state index is 12.4. The van der Waals surface area contributed by atoms with Gasteiger partial charge < -0.3 is 9.84 Å². The lowest BCUT2D eigenvalue weighted by atomic mass is 10.2. The van der Waals surface area contributed by atoms with Gasteiger partial charge in [0.05, 0.1) is 11.3 Å². The van der Waals surface area contributed by atoms with Crippen LogP contribution in [0, 0.1) is 0 Å². The van der Waals surface area contributed by atoms with Gasteiger partial charge in [0, 0.05) is 6.20 Å². The number of carboxylic acid groups (broad SMARTS) is 1. The van der Waals surface area contributed by atoms with Gasteiger partial charge >= 0.3 is 12.1 Å². The number of carboxylic acids is 1. The zero-order chi connectivity index (χ0) is 15.5. The largest absolute Gasteiger partial charge is 0.487 e. The minimum absolute atomic E-state index is 0.121. The third kappa shape index (κ3) is 3.68. The lowest BCUT2D eigenvalue weighted by Gasteiger charge is -2.09. The third-order valence-electron chi connectivity index (χ3n) is 2.58. The zero-order valence-electron chi connectivity index (χ0n) is 10.5. The van der Waals surface area contributed by atoms with E-state index in [9.17, 15) is 18.0 Å². The van der Waals surface area contributed by atoms with Crippen molar-refractivity contribution in [1.82, 2.24) is 9.97 Å². The number of hydrogen-bond donors (Lipinski definition) is 1. The molecule has 8 heteroatoms. The summed E-state index contributed by atoms with van der Waals surface area (Å²) in [5.74, 6) is -1.03.